The highest BCUT2D eigenvalue weighted by Gasteiger charge is 2.26. The number of nitrogens with one attached hydrogen (secondary N) is 1. The first-order valence-corrected chi connectivity index (χ1v) is 8.39. The lowest BCUT2D eigenvalue weighted by molar-refractivity contribution is -0.138. The van der Waals surface area contributed by atoms with E-state index in [2.05, 4.69) is 17.1 Å². The molecule has 0 bridgehead atoms. The number of amides is 1. The Morgan fingerprint density at radius 3 is 2.27 bits per heavy atom. The van der Waals surface area contributed by atoms with Gasteiger partial charge in [-0.05, 0) is 44.4 Å². The third-order valence-electron chi connectivity index (χ3n) is 4.69. The first-order chi connectivity index (χ1) is 10.5. The van der Waals surface area contributed by atoms with Crippen molar-refractivity contribution in [3.63, 3.8) is 0 Å². The van der Waals surface area contributed by atoms with Crippen LogP contribution in [0.3, 0.4) is 0 Å². The van der Waals surface area contributed by atoms with Crippen LogP contribution in [0.2, 0.25) is 0 Å². The van der Waals surface area contributed by atoms with Gasteiger partial charge < -0.3 is 15.2 Å². The number of carbonyl (C=O) groups is 2. The second-order valence-electron chi connectivity index (χ2n) is 6.66. The van der Waals surface area contributed by atoms with Crippen molar-refractivity contribution in [1.29, 1.82) is 0 Å². The standard InChI is InChI=1S/C16H28N2O4/c1-12-2-4-13(5-3-12)22-14-6-8-18(9-7-14)11-15(19)17-10-16(20)21/h12-14H,2-11H2,1H3,(H,17,19)(H,20,21). The molecule has 0 unspecified atom stereocenters. The van der Waals surface area contributed by atoms with Gasteiger partial charge in [-0.1, -0.05) is 6.92 Å². The van der Waals surface area contributed by atoms with Crippen LogP contribution in [0.1, 0.15) is 45.4 Å². The number of carbonyl (C=O) groups excluding carboxylic acids is 1. The van der Waals surface area contributed by atoms with Crippen LogP contribution in [0, 0.1) is 5.92 Å². The second-order valence-corrected chi connectivity index (χ2v) is 6.66. The summed E-state index contributed by atoms with van der Waals surface area (Å²) in [6.45, 7) is 3.96. The predicted octanol–water partition coefficient (Wildman–Crippen LogP) is 1.25. The summed E-state index contributed by atoms with van der Waals surface area (Å²) in [5, 5.41) is 10.9. The fraction of sp³-hybridized carbons (Fsp3) is 0.875. The van der Waals surface area contributed by atoms with Crippen molar-refractivity contribution in [2.45, 2.75) is 57.7 Å². The molecule has 1 amide bonds. The summed E-state index contributed by atoms with van der Waals surface area (Å²) in [5.41, 5.74) is 0. The molecule has 1 saturated heterocycles. The molecule has 1 saturated carbocycles. The van der Waals surface area contributed by atoms with Crippen molar-refractivity contribution in [2.75, 3.05) is 26.2 Å². The van der Waals surface area contributed by atoms with E-state index in [4.69, 9.17) is 9.84 Å². The van der Waals surface area contributed by atoms with Gasteiger partial charge >= 0.3 is 5.97 Å². The highest BCUT2D eigenvalue weighted by molar-refractivity contribution is 5.82. The van der Waals surface area contributed by atoms with Crippen LogP contribution in [-0.4, -0.2) is 60.3 Å². The Kier molecular flexibility index (Phi) is 6.64. The number of hydrogen-bond donors (Lipinski definition) is 2. The Morgan fingerprint density at radius 1 is 1.09 bits per heavy atom. The van der Waals surface area contributed by atoms with Crippen molar-refractivity contribution in [3.05, 3.63) is 0 Å². The van der Waals surface area contributed by atoms with Crippen molar-refractivity contribution >= 4 is 11.9 Å². The minimum atomic E-state index is -1.01. The Hall–Kier alpha value is -1.14. The van der Waals surface area contributed by atoms with Crippen LogP contribution in [0.25, 0.3) is 0 Å². The quantitative estimate of drug-likeness (QED) is 0.771. The molecule has 2 rings (SSSR count). The fourth-order valence-corrected chi connectivity index (χ4v) is 3.27. The number of piperidine rings is 1. The van der Waals surface area contributed by atoms with E-state index >= 15 is 0 Å². The molecule has 6 nitrogen and oxygen atoms in total. The number of hydrogen-bond acceptors (Lipinski definition) is 4. The lowest BCUT2D eigenvalue weighted by Crippen LogP contribution is -2.44. The van der Waals surface area contributed by atoms with Gasteiger partial charge in [0.25, 0.3) is 0 Å². The molecule has 22 heavy (non-hydrogen) atoms. The monoisotopic (exact) mass is 312 g/mol. The van der Waals surface area contributed by atoms with Gasteiger partial charge in [-0.15, -0.1) is 0 Å². The lowest BCUT2D eigenvalue weighted by Gasteiger charge is -2.35. The zero-order chi connectivity index (χ0) is 15.9. The largest absolute Gasteiger partial charge is 0.480 e. The molecular weight excluding hydrogens is 284 g/mol. The summed E-state index contributed by atoms with van der Waals surface area (Å²) in [6, 6.07) is 0. The van der Waals surface area contributed by atoms with E-state index in [1.165, 1.54) is 25.7 Å². The SMILES string of the molecule is CC1CCC(OC2CCN(CC(=O)NCC(=O)O)CC2)CC1. The van der Waals surface area contributed by atoms with Gasteiger partial charge in [0.05, 0.1) is 18.8 Å². The molecule has 126 valence electrons. The lowest BCUT2D eigenvalue weighted by atomic mass is 9.88. The van der Waals surface area contributed by atoms with Crippen molar-refractivity contribution in [3.8, 4) is 0 Å². The van der Waals surface area contributed by atoms with Gasteiger partial charge in [-0.2, -0.15) is 0 Å². The number of nitrogens with zero attached hydrogens (tertiary/aromatic N) is 1. The van der Waals surface area contributed by atoms with Gasteiger partial charge in [0.15, 0.2) is 0 Å². The summed E-state index contributed by atoms with van der Waals surface area (Å²) >= 11 is 0. The number of carboxylic acid groups (broad SMARTS) is 1. The van der Waals surface area contributed by atoms with Gasteiger partial charge in [0.2, 0.25) is 5.91 Å². The molecule has 1 heterocycles. The van der Waals surface area contributed by atoms with E-state index in [1.54, 1.807) is 0 Å². The Labute approximate surface area is 132 Å². The zero-order valence-electron chi connectivity index (χ0n) is 13.4. The third-order valence-corrected chi connectivity index (χ3v) is 4.69. The van der Waals surface area contributed by atoms with Crippen molar-refractivity contribution < 1.29 is 19.4 Å². The minimum Gasteiger partial charge on any atom is -0.480 e. The highest BCUT2D eigenvalue weighted by atomic mass is 16.5. The summed E-state index contributed by atoms with van der Waals surface area (Å²) in [5.74, 6) is -0.392. The molecule has 0 aromatic rings. The number of rotatable bonds is 6. The van der Waals surface area contributed by atoms with Gasteiger partial charge in [-0.25, -0.2) is 0 Å². The first kappa shape index (κ1) is 17.2. The number of carboxylic acids is 1. The van der Waals surface area contributed by atoms with Gasteiger partial charge in [-0.3, -0.25) is 14.5 Å². The summed E-state index contributed by atoms with van der Waals surface area (Å²) in [6.07, 6.45) is 7.55. The molecule has 0 atom stereocenters. The first-order valence-electron chi connectivity index (χ1n) is 8.39. The van der Waals surface area contributed by atoms with E-state index < -0.39 is 5.97 Å². The van der Waals surface area contributed by atoms with Gasteiger partial charge in [0, 0.05) is 13.1 Å². The topological polar surface area (TPSA) is 78.9 Å². The molecule has 6 heteroatoms. The average Bonchev–Trinajstić information content (AvgIpc) is 2.49. The van der Waals surface area contributed by atoms with E-state index in [9.17, 15) is 9.59 Å². The maximum Gasteiger partial charge on any atom is 0.322 e. The normalized spacial score (nSPS) is 27.5. The van der Waals surface area contributed by atoms with E-state index in [1.807, 2.05) is 0 Å². The van der Waals surface area contributed by atoms with Crippen LogP contribution in [0.15, 0.2) is 0 Å². The van der Waals surface area contributed by atoms with E-state index in [-0.39, 0.29) is 19.0 Å². The van der Waals surface area contributed by atoms with Crippen LogP contribution < -0.4 is 5.32 Å². The Balaban J connectivity index is 1.61. The van der Waals surface area contributed by atoms with Crippen LogP contribution in [-0.2, 0) is 14.3 Å². The van der Waals surface area contributed by atoms with Crippen molar-refractivity contribution in [1.82, 2.24) is 10.2 Å². The summed E-state index contributed by atoms with van der Waals surface area (Å²) in [7, 11) is 0. The molecule has 1 aliphatic heterocycles. The van der Waals surface area contributed by atoms with Crippen LogP contribution >= 0.6 is 0 Å². The van der Waals surface area contributed by atoms with Crippen LogP contribution in [0.5, 0.6) is 0 Å². The third kappa shape index (κ3) is 5.93. The smallest absolute Gasteiger partial charge is 0.322 e. The maximum absolute atomic E-state index is 11.6. The molecule has 2 aliphatic rings. The Morgan fingerprint density at radius 2 is 1.68 bits per heavy atom. The average molecular weight is 312 g/mol. The Bertz CT molecular complexity index is 372. The second kappa shape index (κ2) is 8.48. The number of ether oxygens (including phenoxy) is 1. The number of likely N-dealkylation sites (tertiary alicyclic amines) is 1. The molecular formula is C16H28N2O4. The molecule has 1 aliphatic carbocycles. The minimum absolute atomic E-state index is 0.219. The molecule has 0 aromatic heterocycles. The highest BCUT2D eigenvalue weighted by Crippen LogP contribution is 2.28. The molecule has 2 N–H and O–H groups in total. The predicted molar refractivity (Wildman–Crippen MR) is 82.6 cm³/mol. The molecule has 0 aromatic carbocycles. The van der Waals surface area contributed by atoms with E-state index in [0.29, 0.717) is 12.2 Å². The molecule has 0 spiro atoms. The number of aliphatic carboxylic acids is 1. The fourth-order valence-electron chi connectivity index (χ4n) is 3.27. The van der Waals surface area contributed by atoms with Crippen molar-refractivity contribution in [2.24, 2.45) is 5.92 Å². The summed E-state index contributed by atoms with van der Waals surface area (Å²) in [4.78, 5) is 24.1. The van der Waals surface area contributed by atoms with E-state index in [0.717, 1.165) is 31.8 Å². The molecule has 2 fully saturated rings. The maximum atomic E-state index is 11.6. The van der Waals surface area contributed by atoms with Gasteiger partial charge in [0.1, 0.15) is 6.54 Å². The zero-order valence-corrected chi connectivity index (χ0v) is 13.4. The molecule has 0 radical (unpaired) electrons. The summed E-state index contributed by atoms with van der Waals surface area (Å²) < 4.78 is 6.21. The van der Waals surface area contributed by atoms with Crippen LogP contribution in [0.4, 0.5) is 0 Å².